The summed E-state index contributed by atoms with van der Waals surface area (Å²) in [6.45, 7) is 1.36. The fraction of sp³-hybridized carbons (Fsp3) is 0.182. The average molecular weight is 208 g/mol. The molecular formula is C11H9FO3. The molecule has 1 heterocycles. The maximum atomic E-state index is 12.8. The zero-order chi connectivity index (χ0) is 11.0. The number of ketones is 1. The van der Waals surface area contributed by atoms with Crippen molar-refractivity contribution in [2.45, 2.75) is 13.0 Å². The minimum Gasteiger partial charge on any atom is -0.453 e. The number of carbonyl (C=O) groups excluding carboxylic acids is 1. The molecule has 1 unspecified atom stereocenters. The lowest BCUT2D eigenvalue weighted by atomic mass is 10.2. The molecule has 0 fully saturated rings. The Morgan fingerprint density at radius 1 is 1.47 bits per heavy atom. The van der Waals surface area contributed by atoms with Gasteiger partial charge in [-0.3, -0.25) is 4.79 Å². The van der Waals surface area contributed by atoms with Gasteiger partial charge in [0.2, 0.25) is 5.78 Å². The Labute approximate surface area is 85.1 Å². The summed E-state index contributed by atoms with van der Waals surface area (Å²) in [6.07, 6.45) is -1.12. The fourth-order valence-electron chi connectivity index (χ4n) is 1.34. The van der Waals surface area contributed by atoms with Crippen molar-refractivity contribution in [1.82, 2.24) is 0 Å². The summed E-state index contributed by atoms with van der Waals surface area (Å²) in [4.78, 5) is 11.4. The standard InChI is InChI=1S/C11H9FO3/c1-6(13)11(14)10-5-7-4-8(12)2-3-9(7)15-10/h2-6,13H,1H3. The van der Waals surface area contributed by atoms with Crippen molar-refractivity contribution in [3.8, 4) is 0 Å². The number of aliphatic hydroxyl groups is 1. The molecule has 0 amide bonds. The predicted molar refractivity (Wildman–Crippen MR) is 52.2 cm³/mol. The second-order valence-electron chi connectivity index (χ2n) is 3.33. The third-order valence-corrected chi connectivity index (χ3v) is 2.10. The molecule has 0 saturated heterocycles. The van der Waals surface area contributed by atoms with Gasteiger partial charge >= 0.3 is 0 Å². The lowest BCUT2D eigenvalue weighted by Crippen LogP contribution is -2.14. The number of hydrogen-bond donors (Lipinski definition) is 1. The molecule has 0 spiro atoms. The van der Waals surface area contributed by atoms with Gasteiger partial charge in [-0.15, -0.1) is 0 Å². The number of furan rings is 1. The summed E-state index contributed by atoms with van der Waals surface area (Å²) < 4.78 is 18.0. The first-order valence-corrected chi connectivity index (χ1v) is 4.49. The second-order valence-corrected chi connectivity index (χ2v) is 3.33. The first-order chi connectivity index (χ1) is 7.08. The highest BCUT2D eigenvalue weighted by Gasteiger charge is 2.16. The molecule has 1 atom stereocenters. The van der Waals surface area contributed by atoms with Crippen LogP contribution in [0.5, 0.6) is 0 Å². The van der Waals surface area contributed by atoms with Crippen LogP contribution in [0.4, 0.5) is 4.39 Å². The Hall–Kier alpha value is -1.68. The van der Waals surface area contributed by atoms with Crippen LogP contribution in [0.25, 0.3) is 11.0 Å². The van der Waals surface area contributed by atoms with Gasteiger partial charge in [0, 0.05) is 5.39 Å². The summed E-state index contributed by atoms with van der Waals surface area (Å²) in [5, 5.41) is 9.58. The van der Waals surface area contributed by atoms with E-state index in [1.807, 2.05) is 0 Å². The summed E-state index contributed by atoms with van der Waals surface area (Å²) in [5.74, 6) is -0.850. The summed E-state index contributed by atoms with van der Waals surface area (Å²) in [5.41, 5.74) is 0.431. The van der Waals surface area contributed by atoms with E-state index in [2.05, 4.69) is 0 Å². The number of fused-ring (bicyclic) bond motifs is 1. The minimum absolute atomic E-state index is 0.0469. The van der Waals surface area contributed by atoms with Gasteiger partial charge in [0.15, 0.2) is 5.76 Å². The first kappa shape index (κ1) is 9.86. The van der Waals surface area contributed by atoms with Crippen molar-refractivity contribution in [1.29, 1.82) is 0 Å². The molecule has 3 nitrogen and oxygen atoms in total. The van der Waals surface area contributed by atoms with Gasteiger partial charge < -0.3 is 9.52 Å². The van der Waals surface area contributed by atoms with Crippen molar-refractivity contribution >= 4 is 16.8 Å². The second kappa shape index (κ2) is 3.47. The highest BCUT2D eigenvalue weighted by Crippen LogP contribution is 2.21. The molecule has 1 aromatic carbocycles. The first-order valence-electron chi connectivity index (χ1n) is 4.49. The highest BCUT2D eigenvalue weighted by molar-refractivity contribution is 5.99. The molecule has 78 valence electrons. The normalized spacial score (nSPS) is 13.0. The number of hydrogen-bond acceptors (Lipinski definition) is 3. The Balaban J connectivity index is 2.52. The Bertz CT molecular complexity index is 514. The molecule has 0 radical (unpaired) electrons. The monoisotopic (exact) mass is 208 g/mol. The number of Topliss-reactive ketones (excluding diaryl/α,β-unsaturated/α-hetero) is 1. The molecule has 0 bridgehead atoms. The number of benzene rings is 1. The van der Waals surface area contributed by atoms with Crippen molar-refractivity contribution in [2.24, 2.45) is 0 Å². The fourth-order valence-corrected chi connectivity index (χ4v) is 1.34. The minimum atomic E-state index is -1.12. The number of rotatable bonds is 2. The van der Waals surface area contributed by atoms with Crippen LogP contribution in [0, 0.1) is 5.82 Å². The van der Waals surface area contributed by atoms with Crippen LogP contribution in [0.15, 0.2) is 28.7 Å². The Morgan fingerprint density at radius 2 is 2.20 bits per heavy atom. The number of carbonyl (C=O) groups is 1. The largest absolute Gasteiger partial charge is 0.453 e. The summed E-state index contributed by atoms with van der Waals surface area (Å²) >= 11 is 0. The van der Waals surface area contributed by atoms with E-state index in [9.17, 15) is 9.18 Å². The van der Waals surface area contributed by atoms with Gasteiger partial charge in [-0.25, -0.2) is 4.39 Å². The van der Waals surface area contributed by atoms with Crippen LogP contribution in [0.2, 0.25) is 0 Å². The van der Waals surface area contributed by atoms with Crippen LogP contribution in [-0.2, 0) is 0 Å². The van der Waals surface area contributed by atoms with E-state index in [0.717, 1.165) is 0 Å². The topological polar surface area (TPSA) is 50.4 Å². The molecule has 0 aliphatic heterocycles. The van der Waals surface area contributed by atoms with E-state index < -0.39 is 11.9 Å². The maximum absolute atomic E-state index is 12.8. The van der Waals surface area contributed by atoms with Crippen molar-refractivity contribution in [2.75, 3.05) is 0 Å². The van der Waals surface area contributed by atoms with Crippen LogP contribution in [0.3, 0.4) is 0 Å². The smallest absolute Gasteiger partial charge is 0.226 e. The van der Waals surface area contributed by atoms with Gasteiger partial charge in [-0.05, 0) is 31.2 Å². The van der Waals surface area contributed by atoms with Gasteiger partial charge in [0.1, 0.15) is 17.5 Å². The number of halogens is 1. The van der Waals surface area contributed by atoms with E-state index >= 15 is 0 Å². The molecule has 0 aliphatic carbocycles. The van der Waals surface area contributed by atoms with Gasteiger partial charge in [-0.2, -0.15) is 0 Å². The molecule has 1 N–H and O–H groups in total. The van der Waals surface area contributed by atoms with E-state index in [0.29, 0.717) is 11.0 Å². The molecule has 0 aliphatic rings. The van der Waals surface area contributed by atoms with Gasteiger partial charge in [0.25, 0.3) is 0 Å². The maximum Gasteiger partial charge on any atom is 0.226 e. The van der Waals surface area contributed by atoms with Crippen molar-refractivity contribution in [3.05, 3.63) is 35.8 Å². The molecule has 1 aromatic heterocycles. The summed E-state index contributed by atoms with van der Waals surface area (Å²) in [7, 11) is 0. The SMILES string of the molecule is CC(O)C(=O)c1cc2cc(F)ccc2o1. The quantitative estimate of drug-likeness (QED) is 0.769. The third kappa shape index (κ3) is 1.76. The van der Waals surface area contributed by atoms with E-state index in [1.165, 1.54) is 31.2 Å². The third-order valence-electron chi connectivity index (χ3n) is 2.10. The molecular weight excluding hydrogens is 199 g/mol. The molecule has 2 rings (SSSR count). The van der Waals surface area contributed by atoms with Gasteiger partial charge in [-0.1, -0.05) is 0 Å². The molecule has 2 aromatic rings. The molecule has 4 heteroatoms. The van der Waals surface area contributed by atoms with Crippen molar-refractivity contribution < 1.29 is 18.7 Å². The Kier molecular flexibility index (Phi) is 2.28. The lowest BCUT2D eigenvalue weighted by Gasteiger charge is -1.97. The molecule has 0 saturated carbocycles. The van der Waals surface area contributed by atoms with E-state index in [-0.39, 0.29) is 11.6 Å². The predicted octanol–water partition coefficient (Wildman–Crippen LogP) is 2.14. The van der Waals surface area contributed by atoms with E-state index in [4.69, 9.17) is 9.52 Å². The van der Waals surface area contributed by atoms with Crippen LogP contribution in [0.1, 0.15) is 17.5 Å². The van der Waals surface area contributed by atoms with Crippen LogP contribution in [-0.4, -0.2) is 17.0 Å². The van der Waals surface area contributed by atoms with Gasteiger partial charge in [0.05, 0.1) is 0 Å². The zero-order valence-corrected chi connectivity index (χ0v) is 8.03. The summed E-state index contributed by atoms with van der Waals surface area (Å²) in [6, 6.07) is 5.40. The zero-order valence-electron chi connectivity index (χ0n) is 8.03. The Morgan fingerprint density at radius 3 is 2.87 bits per heavy atom. The molecule has 15 heavy (non-hydrogen) atoms. The van der Waals surface area contributed by atoms with E-state index in [1.54, 1.807) is 0 Å². The van der Waals surface area contributed by atoms with Crippen LogP contribution >= 0.6 is 0 Å². The van der Waals surface area contributed by atoms with Crippen molar-refractivity contribution in [3.63, 3.8) is 0 Å². The lowest BCUT2D eigenvalue weighted by molar-refractivity contribution is 0.0752. The average Bonchev–Trinajstić information content (AvgIpc) is 2.58. The number of aliphatic hydroxyl groups excluding tert-OH is 1. The highest BCUT2D eigenvalue weighted by atomic mass is 19.1. The van der Waals surface area contributed by atoms with Crippen LogP contribution < -0.4 is 0 Å².